The van der Waals surface area contributed by atoms with E-state index in [-0.39, 0.29) is 46.9 Å². The van der Waals surface area contributed by atoms with E-state index in [1.165, 1.54) is 27.0 Å². The molecule has 2 aromatic carbocycles. The number of carbonyl (C=O) groups is 2. The minimum atomic E-state index is -3.80. The van der Waals surface area contributed by atoms with E-state index >= 15 is 0 Å². The summed E-state index contributed by atoms with van der Waals surface area (Å²) in [4.78, 5) is 27.9. The molecular weight excluding hydrogens is 448 g/mol. The molecule has 0 aromatic heterocycles. The monoisotopic (exact) mass is 470 g/mol. The second-order valence-corrected chi connectivity index (χ2v) is 11.3. The lowest BCUT2D eigenvalue weighted by Gasteiger charge is -2.44. The van der Waals surface area contributed by atoms with Crippen LogP contribution in [0.3, 0.4) is 0 Å². The molecule has 2 aromatic rings. The van der Waals surface area contributed by atoms with Gasteiger partial charge in [-0.15, -0.1) is 0 Å². The molecule has 2 unspecified atom stereocenters. The summed E-state index contributed by atoms with van der Waals surface area (Å²) in [6.45, 7) is 7.46. The lowest BCUT2D eigenvalue weighted by Crippen LogP contribution is -2.59. The van der Waals surface area contributed by atoms with Crippen LogP contribution >= 0.6 is 11.8 Å². The topological polar surface area (TPSA) is 84.0 Å². The Labute approximate surface area is 190 Å². The standard InChI is InChI=1S/C23H22N2O5S2/c1-4-11-30-23(27)20-16(31-22-18(13(2)3)21(26)25(20)22)12-24-15-9-5-7-14-8-6-10-17(19(14)15)32(24,28)29/h4-10,13,18,22H,1,11-12H2,2-3H3. The third-order valence-corrected chi connectivity index (χ3v) is 9.22. The number of β-lactam (4-membered cyclic amide) rings is 1. The maximum Gasteiger partial charge on any atom is 0.356 e. The van der Waals surface area contributed by atoms with Crippen molar-refractivity contribution in [3.8, 4) is 0 Å². The Balaban J connectivity index is 1.57. The molecule has 1 amide bonds. The van der Waals surface area contributed by atoms with Gasteiger partial charge in [0.1, 0.15) is 12.3 Å². The van der Waals surface area contributed by atoms with Gasteiger partial charge in [0.25, 0.3) is 10.0 Å². The first-order valence-corrected chi connectivity index (χ1v) is 12.6. The maximum atomic E-state index is 13.4. The number of fused-ring (bicyclic) bond motifs is 1. The Kier molecular flexibility index (Phi) is 4.86. The van der Waals surface area contributed by atoms with Crippen LogP contribution in [0.2, 0.25) is 0 Å². The van der Waals surface area contributed by atoms with Crippen molar-refractivity contribution in [2.75, 3.05) is 17.5 Å². The highest BCUT2D eigenvalue weighted by Crippen LogP contribution is 2.53. The average Bonchev–Trinajstić information content (AvgIpc) is 3.18. The number of benzene rings is 2. The number of thioether (sulfide) groups is 1. The number of ether oxygens (including phenoxy) is 1. The highest BCUT2D eigenvalue weighted by atomic mass is 32.2. The summed E-state index contributed by atoms with van der Waals surface area (Å²) in [6, 6.07) is 10.7. The van der Waals surface area contributed by atoms with Gasteiger partial charge < -0.3 is 4.74 Å². The smallest absolute Gasteiger partial charge is 0.356 e. The Morgan fingerprint density at radius 1 is 1.25 bits per heavy atom. The average molecular weight is 471 g/mol. The number of hydrogen-bond acceptors (Lipinski definition) is 6. The van der Waals surface area contributed by atoms with Crippen molar-refractivity contribution in [3.05, 3.63) is 59.7 Å². The summed E-state index contributed by atoms with van der Waals surface area (Å²) in [6.07, 6.45) is 1.45. The van der Waals surface area contributed by atoms with E-state index in [1.54, 1.807) is 18.2 Å². The van der Waals surface area contributed by atoms with Crippen LogP contribution in [0, 0.1) is 11.8 Å². The Hall–Kier alpha value is -2.78. The van der Waals surface area contributed by atoms with Crippen molar-refractivity contribution in [1.82, 2.24) is 4.90 Å². The van der Waals surface area contributed by atoms with Crippen LogP contribution in [0.5, 0.6) is 0 Å². The summed E-state index contributed by atoms with van der Waals surface area (Å²) >= 11 is 1.38. The molecule has 3 aliphatic heterocycles. The zero-order chi connectivity index (χ0) is 22.8. The van der Waals surface area contributed by atoms with Crippen LogP contribution in [-0.2, 0) is 24.3 Å². The van der Waals surface area contributed by atoms with Gasteiger partial charge >= 0.3 is 5.97 Å². The number of carbonyl (C=O) groups excluding carboxylic acids is 2. The highest BCUT2D eigenvalue weighted by molar-refractivity contribution is 8.04. The molecule has 2 atom stereocenters. The first kappa shape index (κ1) is 21.1. The Morgan fingerprint density at radius 2 is 1.97 bits per heavy atom. The molecule has 3 heterocycles. The van der Waals surface area contributed by atoms with Crippen LogP contribution in [0.25, 0.3) is 10.8 Å². The number of sulfonamides is 1. The third kappa shape index (κ3) is 2.84. The zero-order valence-corrected chi connectivity index (χ0v) is 19.3. The van der Waals surface area contributed by atoms with Crippen molar-refractivity contribution in [3.63, 3.8) is 0 Å². The van der Waals surface area contributed by atoms with Gasteiger partial charge in [0, 0.05) is 10.3 Å². The number of anilines is 1. The summed E-state index contributed by atoms with van der Waals surface area (Å²) < 4.78 is 33.4. The fraction of sp³-hybridized carbons (Fsp3) is 0.304. The number of nitrogens with zero attached hydrogens (tertiary/aromatic N) is 2. The Bertz CT molecular complexity index is 1310. The molecule has 3 aliphatic rings. The van der Waals surface area contributed by atoms with Crippen molar-refractivity contribution in [2.45, 2.75) is 24.1 Å². The van der Waals surface area contributed by atoms with Gasteiger partial charge in [0.15, 0.2) is 0 Å². The van der Waals surface area contributed by atoms with Crippen LogP contribution in [0.4, 0.5) is 5.69 Å². The fourth-order valence-corrected chi connectivity index (χ4v) is 8.03. The van der Waals surface area contributed by atoms with E-state index in [0.29, 0.717) is 16.0 Å². The van der Waals surface area contributed by atoms with Gasteiger partial charge in [-0.3, -0.25) is 14.0 Å². The van der Waals surface area contributed by atoms with E-state index in [0.717, 1.165) is 5.39 Å². The molecule has 0 saturated carbocycles. The number of rotatable bonds is 6. The van der Waals surface area contributed by atoms with E-state index < -0.39 is 16.0 Å². The molecule has 0 spiro atoms. The maximum absolute atomic E-state index is 13.4. The molecule has 0 aliphatic carbocycles. The van der Waals surface area contributed by atoms with Crippen molar-refractivity contribution in [2.24, 2.45) is 11.8 Å². The van der Waals surface area contributed by atoms with E-state index in [2.05, 4.69) is 6.58 Å². The highest BCUT2D eigenvalue weighted by Gasteiger charge is 2.57. The quantitative estimate of drug-likeness (QED) is 0.365. The largest absolute Gasteiger partial charge is 0.457 e. The third-order valence-electron chi connectivity index (χ3n) is 6.06. The van der Waals surface area contributed by atoms with Crippen LogP contribution in [0.15, 0.2) is 64.6 Å². The molecule has 0 bridgehead atoms. The number of hydrogen-bond donors (Lipinski definition) is 0. The molecule has 1 saturated heterocycles. The predicted molar refractivity (Wildman–Crippen MR) is 123 cm³/mol. The van der Waals surface area contributed by atoms with Gasteiger partial charge in [-0.05, 0) is 23.4 Å². The second-order valence-electron chi connectivity index (χ2n) is 8.29. The predicted octanol–water partition coefficient (Wildman–Crippen LogP) is 3.48. The van der Waals surface area contributed by atoms with Crippen molar-refractivity contribution in [1.29, 1.82) is 0 Å². The molecule has 1 fully saturated rings. The first-order chi connectivity index (χ1) is 15.3. The SMILES string of the molecule is C=CCOC(=O)C1=C(CN2c3cccc4cccc(c34)S2(=O)=O)SC2C(C(C)C)C(=O)N12. The molecule has 0 N–H and O–H groups in total. The summed E-state index contributed by atoms with van der Waals surface area (Å²) in [5.41, 5.74) is 0.716. The minimum absolute atomic E-state index is 0.00729. The fourth-order valence-electron chi connectivity index (χ4n) is 4.59. The molecule has 7 nitrogen and oxygen atoms in total. The molecule has 166 valence electrons. The molecular formula is C23H22N2O5S2. The first-order valence-electron chi connectivity index (χ1n) is 10.3. The van der Waals surface area contributed by atoms with E-state index in [1.807, 2.05) is 32.0 Å². The van der Waals surface area contributed by atoms with Gasteiger partial charge in [-0.25, -0.2) is 13.2 Å². The van der Waals surface area contributed by atoms with Gasteiger partial charge in [-0.1, -0.05) is 62.5 Å². The molecule has 9 heteroatoms. The Morgan fingerprint density at radius 3 is 2.66 bits per heavy atom. The lowest BCUT2D eigenvalue weighted by molar-refractivity contribution is -0.155. The van der Waals surface area contributed by atoms with Gasteiger partial charge in [0.05, 0.1) is 28.4 Å². The van der Waals surface area contributed by atoms with E-state index in [9.17, 15) is 18.0 Å². The lowest BCUT2D eigenvalue weighted by atomic mass is 9.86. The minimum Gasteiger partial charge on any atom is -0.457 e. The number of esters is 1. The summed E-state index contributed by atoms with van der Waals surface area (Å²) in [5.74, 6) is -0.893. The summed E-state index contributed by atoms with van der Waals surface area (Å²) in [5, 5.41) is 1.28. The van der Waals surface area contributed by atoms with Crippen LogP contribution in [-0.4, -0.2) is 43.7 Å². The molecule has 32 heavy (non-hydrogen) atoms. The van der Waals surface area contributed by atoms with Crippen LogP contribution in [0.1, 0.15) is 13.8 Å². The van der Waals surface area contributed by atoms with Crippen molar-refractivity contribution >= 4 is 50.1 Å². The number of amides is 1. The zero-order valence-electron chi connectivity index (χ0n) is 17.6. The van der Waals surface area contributed by atoms with Gasteiger partial charge in [-0.2, -0.15) is 0 Å². The van der Waals surface area contributed by atoms with Crippen molar-refractivity contribution < 1.29 is 22.7 Å². The second kappa shape index (κ2) is 7.38. The van der Waals surface area contributed by atoms with Crippen LogP contribution < -0.4 is 4.31 Å². The molecule has 0 radical (unpaired) electrons. The normalized spacial score (nSPS) is 23.0. The van der Waals surface area contributed by atoms with Gasteiger partial charge in [0.2, 0.25) is 5.91 Å². The van der Waals surface area contributed by atoms with E-state index in [4.69, 9.17) is 4.74 Å². The molecule has 5 rings (SSSR count). The summed E-state index contributed by atoms with van der Waals surface area (Å²) in [7, 11) is -3.80.